The molecular weight excluding hydrogens is 434 g/mol. The van der Waals surface area contributed by atoms with Crippen LogP contribution in [0.5, 0.6) is 0 Å². The molecule has 0 saturated carbocycles. The molecule has 1 fully saturated rings. The Balaban J connectivity index is 1.20. The molecule has 1 atom stereocenters. The lowest BCUT2D eigenvalue weighted by Gasteiger charge is -2.32. The second-order valence-corrected chi connectivity index (χ2v) is 9.23. The fourth-order valence-corrected chi connectivity index (χ4v) is 5.06. The fraction of sp³-hybridized carbons (Fsp3) is 0.280. The predicted octanol–water partition coefficient (Wildman–Crippen LogP) is 4.70. The maximum Gasteiger partial charge on any atom is 0.225 e. The number of carbonyl (C=O) groups excluding carboxylic acids is 1. The Bertz CT molecular complexity index is 1210. The summed E-state index contributed by atoms with van der Waals surface area (Å²) in [5, 5.41) is 12.8. The van der Waals surface area contributed by atoms with Gasteiger partial charge in [0.05, 0.1) is 24.4 Å². The van der Waals surface area contributed by atoms with Crippen molar-refractivity contribution in [3.63, 3.8) is 0 Å². The van der Waals surface area contributed by atoms with Crippen LogP contribution < -0.4 is 10.2 Å². The van der Waals surface area contributed by atoms with Crippen LogP contribution in [0.1, 0.15) is 23.4 Å². The van der Waals surface area contributed by atoms with Crippen LogP contribution in [0.4, 0.5) is 5.82 Å². The van der Waals surface area contributed by atoms with E-state index >= 15 is 0 Å². The summed E-state index contributed by atoms with van der Waals surface area (Å²) in [6.07, 6.45) is 3.43. The number of carbonyl (C=O) groups is 1. The fourth-order valence-electron chi connectivity index (χ4n) is 4.06. The highest BCUT2D eigenvalue weighted by atomic mass is 32.1. The Labute approximate surface area is 196 Å². The van der Waals surface area contributed by atoms with Gasteiger partial charge in [0.2, 0.25) is 5.91 Å². The van der Waals surface area contributed by atoms with Crippen LogP contribution >= 0.6 is 11.3 Å². The highest BCUT2D eigenvalue weighted by Crippen LogP contribution is 2.28. The van der Waals surface area contributed by atoms with Crippen molar-refractivity contribution in [2.24, 2.45) is 5.92 Å². The molecule has 5 rings (SSSR count). The molecule has 3 aromatic heterocycles. The highest BCUT2D eigenvalue weighted by Gasteiger charge is 2.27. The first-order valence-electron chi connectivity index (χ1n) is 11.1. The molecule has 1 aliphatic heterocycles. The van der Waals surface area contributed by atoms with Gasteiger partial charge in [0.1, 0.15) is 10.7 Å². The number of benzene rings is 1. The average molecular weight is 460 g/mol. The van der Waals surface area contributed by atoms with Gasteiger partial charge in [-0.05, 0) is 44.0 Å². The van der Waals surface area contributed by atoms with E-state index in [0.29, 0.717) is 24.5 Å². The van der Waals surface area contributed by atoms with E-state index < -0.39 is 0 Å². The molecule has 4 aromatic rings. The van der Waals surface area contributed by atoms with E-state index in [2.05, 4.69) is 37.5 Å². The molecule has 8 heteroatoms. The van der Waals surface area contributed by atoms with Gasteiger partial charge in [0, 0.05) is 23.5 Å². The SMILES string of the molecule is Cc1nc(-c2ccccc2)sc1CNC(=O)C1CCCN(c2ccc(-c3ccco3)nn2)C1. The quantitative estimate of drug-likeness (QED) is 0.450. The number of hydrogen-bond acceptors (Lipinski definition) is 7. The third kappa shape index (κ3) is 4.80. The molecule has 33 heavy (non-hydrogen) atoms. The van der Waals surface area contributed by atoms with E-state index in [-0.39, 0.29) is 11.8 Å². The average Bonchev–Trinajstić information content (AvgIpc) is 3.53. The van der Waals surface area contributed by atoms with E-state index in [1.165, 1.54) is 0 Å². The number of furan rings is 1. The van der Waals surface area contributed by atoms with Crippen molar-refractivity contribution in [3.8, 4) is 22.0 Å². The van der Waals surface area contributed by atoms with Gasteiger partial charge >= 0.3 is 0 Å². The summed E-state index contributed by atoms with van der Waals surface area (Å²) in [5.74, 6) is 1.48. The Morgan fingerprint density at radius 1 is 1.15 bits per heavy atom. The molecule has 4 heterocycles. The zero-order valence-electron chi connectivity index (χ0n) is 18.4. The Morgan fingerprint density at radius 2 is 2.03 bits per heavy atom. The van der Waals surface area contributed by atoms with Gasteiger partial charge in [0.25, 0.3) is 0 Å². The summed E-state index contributed by atoms with van der Waals surface area (Å²) >= 11 is 1.64. The van der Waals surface area contributed by atoms with Crippen molar-refractivity contribution >= 4 is 23.1 Å². The van der Waals surface area contributed by atoms with Crippen molar-refractivity contribution < 1.29 is 9.21 Å². The summed E-state index contributed by atoms with van der Waals surface area (Å²) in [5.41, 5.74) is 2.77. The van der Waals surface area contributed by atoms with Gasteiger partial charge in [-0.2, -0.15) is 0 Å². The number of anilines is 1. The summed E-state index contributed by atoms with van der Waals surface area (Å²) in [6, 6.07) is 17.7. The maximum atomic E-state index is 12.9. The van der Waals surface area contributed by atoms with Gasteiger partial charge in [0.15, 0.2) is 11.6 Å². The minimum Gasteiger partial charge on any atom is -0.463 e. The lowest BCUT2D eigenvalue weighted by Crippen LogP contribution is -2.43. The maximum absolute atomic E-state index is 12.9. The van der Waals surface area contributed by atoms with Gasteiger partial charge in [-0.25, -0.2) is 4.98 Å². The monoisotopic (exact) mass is 459 g/mol. The highest BCUT2D eigenvalue weighted by molar-refractivity contribution is 7.15. The van der Waals surface area contributed by atoms with E-state index in [0.717, 1.165) is 46.3 Å². The zero-order valence-corrected chi connectivity index (χ0v) is 19.2. The number of nitrogens with one attached hydrogen (secondary N) is 1. The topological polar surface area (TPSA) is 84.2 Å². The molecule has 1 N–H and O–H groups in total. The molecule has 0 aliphatic carbocycles. The largest absolute Gasteiger partial charge is 0.463 e. The van der Waals surface area contributed by atoms with Crippen LogP contribution in [0.2, 0.25) is 0 Å². The number of hydrogen-bond donors (Lipinski definition) is 1. The molecule has 1 aromatic carbocycles. The van der Waals surface area contributed by atoms with Crippen molar-refractivity contribution in [3.05, 3.63) is 71.4 Å². The van der Waals surface area contributed by atoms with Gasteiger partial charge < -0.3 is 14.6 Å². The van der Waals surface area contributed by atoms with E-state index in [9.17, 15) is 4.79 Å². The third-order valence-electron chi connectivity index (χ3n) is 5.88. The summed E-state index contributed by atoms with van der Waals surface area (Å²) in [4.78, 5) is 20.9. The molecule has 168 valence electrons. The summed E-state index contributed by atoms with van der Waals surface area (Å²) < 4.78 is 5.38. The molecule has 1 unspecified atom stereocenters. The van der Waals surface area contributed by atoms with Crippen molar-refractivity contribution in [2.45, 2.75) is 26.3 Å². The van der Waals surface area contributed by atoms with Gasteiger partial charge in [-0.1, -0.05) is 30.3 Å². The third-order valence-corrected chi connectivity index (χ3v) is 7.08. The van der Waals surface area contributed by atoms with E-state index in [1.807, 2.05) is 49.4 Å². The molecule has 0 spiro atoms. The Kier molecular flexibility index (Phi) is 6.17. The van der Waals surface area contributed by atoms with Gasteiger partial charge in [-0.3, -0.25) is 4.79 Å². The van der Waals surface area contributed by atoms with Crippen molar-refractivity contribution in [1.29, 1.82) is 0 Å². The van der Waals surface area contributed by atoms with Crippen LogP contribution in [0.25, 0.3) is 22.0 Å². The van der Waals surface area contributed by atoms with Gasteiger partial charge in [-0.15, -0.1) is 21.5 Å². The normalized spacial score (nSPS) is 16.0. The molecule has 1 aliphatic rings. The van der Waals surface area contributed by atoms with Crippen LogP contribution in [0, 0.1) is 12.8 Å². The van der Waals surface area contributed by atoms with Crippen molar-refractivity contribution in [1.82, 2.24) is 20.5 Å². The lowest BCUT2D eigenvalue weighted by atomic mass is 9.97. The number of rotatable bonds is 6. The smallest absolute Gasteiger partial charge is 0.225 e. The molecule has 1 amide bonds. The molecule has 0 radical (unpaired) electrons. The number of nitrogens with zero attached hydrogens (tertiary/aromatic N) is 4. The number of piperidine rings is 1. The second-order valence-electron chi connectivity index (χ2n) is 8.15. The first-order valence-corrected chi connectivity index (χ1v) is 11.9. The molecule has 0 bridgehead atoms. The van der Waals surface area contributed by atoms with E-state index in [4.69, 9.17) is 4.42 Å². The van der Waals surface area contributed by atoms with Crippen LogP contribution in [-0.2, 0) is 11.3 Å². The number of aromatic nitrogens is 3. The number of aryl methyl sites for hydroxylation is 1. The van der Waals surface area contributed by atoms with E-state index in [1.54, 1.807) is 17.6 Å². The van der Waals surface area contributed by atoms with Crippen molar-refractivity contribution in [2.75, 3.05) is 18.0 Å². The minimum atomic E-state index is -0.0767. The number of thiazole rings is 1. The summed E-state index contributed by atoms with van der Waals surface area (Å²) in [7, 11) is 0. The molecular formula is C25H25N5O2S. The lowest BCUT2D eigenvalue weighted by molar-refractivity contribution is -0.125. The standard InChI is InChI=1S/C25H25N5O2S/c1-17-22(33-25(27-17)18-7-3-2-4-8-18)15-26-24(31)19-9-5-13-30(16-19)23-12-11-20(28-29-23)21-10-6-14-32-21/h2-4,6-8,10-12,14,19H,5,9,13,15-16H2,1H3,(H,26,31). The minimum absolute atomic E-state index is 0.0767. The molecule has 7 nitrogen and oxygen atoms in total. The van der Waals surface area contributed by atoms with Crippen LogP contribution in [-0.4, -0.2) is 34.2 Å². The Hall–Kier alpha value is -3.52. The first-order chi connectivity index (χ1) is 16.2. The second kappa shape index (κ2) is 9.54. The first kappa shape index (κ1) is 21.3. The Morgan fingerprint density at radius 3 is 2.79 bits per heavy atom. The molecule has 1 saturated heterocycles. The predicted molar refractivity (Wildman–Crippen MR) is 129 cm³/mol. The van der Waals surface area contributed by atoms with Crippen LogP contribution in [0.3, 0.4) is 0 Å². The zero-order chi connectivity index (χ0) is 22.6. The number of amides is 1. The summed E-state index contributed by atoms with van der Waals surface area (Å²) in [6.45, 7) is 4.01. The van der Waals surface area contributed by atoms with Crippen LogP contribution in [0.15, 0.2) is 65.3 Å².